The molecule has 0 aliphatic heterocycles. The fourth-order valence-electron chi connectivity index (χ4n) is 7.21. The molecule has 0 amide bonds. The molecule has 10 rings (SSSR count). The first-order chi connectivity index (χ1) is 26.2. The molecule has 0 atom stereocenters. The second-order valence-electron chi connectivity index (χ2n) is 13.3. The maximum atomic E-state index is 6.47. The van der Waals surface area contributed by atoms with Crippen LogP contribution in [-0.4, -0.2) is 15.0 Å². The van der Waals surface area contributed by atoms with Gasteiger partial charge in [-0.25, -0.2) is 15.0 Å². The van der Waals surface area contributed by atoms with Crippen molar-refractivity contribution in [2.24, 2.45) is 0 Å². The summed E-state index contributed by atoms with van der Waals surface area (Å²) in [7, 11) is 0. The van der Waals surface area contributed by atoms with Gasteiger partial charge in [0.05, 0.1) is 0 Å². The van der Waals surface area contributed by atoms with E-state index in [-0.39, 0.29) is 0 Å². The highest BCUT2D eigenvalue weighted by Gasteiger charge is 2.20. The van der Waals surface area contributed by atoms with Crippen LogP contribution in [0.5, 0.6) is 0 Å². The Labute approximate surface area is 306 Å². The number of nitrogens with zero attached hydrogens (tertiary/aromatic N) is 3. The van der Waals surface area contributed by atoms with E-state index in [1.54, 1.807) is 0 Å². The second kappa shape index (κ2) is 12.9. The third-order valence-electron chi connectivity index (χ3n) is 9.94. The van der Waals surface area contributed by atoms with Crippen molar-refractivity contribution < 1.29 is 4.42 Å². The Morgan fingerprint density at radius 2 is 0.792 bits per heavy atom. The number of rotatable bonds is 6. The van der Waals surface area contributed by atoms with Crippen LogP contribution in [0.25, 0.3) is 100 Å². The fourth-order valence-corrected chi connectivity index (χ4v) is 7.21. The molecule has 8 aromatic carbocycles. The normalized spacial score (nSPS) is 11.4. The van der Waals surface area contributed by atoms with Gasteiger partial charge in [-0.2, -0.15) is 0 Å². The molecule has 0 radical (unpaired) electrons. The van der Waals surface area contributed by atoms with Crippen LogP contribution in [-0.2, 0) is 0 Å². The number of benzene rings is 8. The quantitative estimate of drug-likeness (QED) is 0.176. The number of hydrogen-bond donors (Lipinski definition) is 0. The summed E-state index contributed by atoms with van der Waals surface area (Å²) in [5, 5.41) is 4.30. The minimum absolute atomic E-state index is 0.591. The van der Waals surface area contributed by atoms with Crippen molar-refractivity contribution >= 4 is 32.7 Å². The Bertz CT molecular complexity index is 2910. The lowest BCUT2D eigenvalue weighted by Crippen LogP contribution is -2.01. The van der Waals surface area contributed by atoms with Crippen LogP contribution in [0.1, 0.15) is 0 Å². The third kappa shape index (κ3) is 5.73. The van der Waals surface area contributed by atoms with Gasteiger partial charge >= 0.3 is 0 Å². The average Bonchev–Trinajstić information content (AvgIpc) is 3.62. The third-order valence-corrected chi connectivity index (χ3v) is 9.94. The maximum Gasteiger partial charge on any atom is 0.164 e. The van der Waals surface area contributed by atoms with Crippen LogP contribution in [0.15, 0.2) is 192 Å². The molecule has 2 heterocycles. The first kappa shape index (κ1) is 30.6. The molecule has 0 bridgehead atoms. The summed E-state index contributed by atoms with van der Waals surface area (Å²) in [6.45, 7) is 0. The number of aromatic nitrogens is 3. The zero-order valence-electron chi connectivity index (χ0n) is 28.6. The minimum atomic E-state index is 0.591. The van der Waals surface area contributed by atoms with Gasteiger partial charge in [0.25, 0.3) is 0 Å². The lowest BCUT2D eigenvalue weighted by Gasteiger charge is -2.12. The molecule has 0 aliphatic rings. The molecule has 0 fully saturated rings. The molecule has 0 unspecified atom stereocenters. The fraction of sp³-hybridized carbons (Fsp3) is 0. The summed E-state index contributed by atoms with van der Waals surface area (Å²) in [6.07, 6.45) is 0. The molecule has 0 aliphatic carbocycles. The molecule has 248 valence electrons. The lowest BCUT2D eigenvalue weighted by atomic mass is 9.98. The van der Waals surface area contributed by atoms with Crippen molar-refractivity contribution in [3.8, 4) is 67.5 Å². The first-order valence-electron chi connectivity index (χ1n) is 17.8. The van der Waals surface area contributed by atoms with Crippen LogP contribution in [0.3, 0.4) is 0 Å². The van der Waals surface area contributed by atoms with Gasteiger partial charge in [0, 0.05) is 27.5 Å². The molecular formula is C49H31N3O. The zero-order valence-corrected chi connectivity index (χ0v) is 28.6. The van der Waals surface area contributed by atoms with Crippen molar-refractivity contribution in [3.63, 3.8) is 0 Å². The van der Waals surface area contributed by atoms with Crippen molar-refractivity contribution in [1.82, 2.24) is 15.0 Å². The summed E-state index contributed by atoms with van der Waals surface area (Å²) < 4.78 is 6.47. The molecule has 0 saturated heterocycles. The standard InChI is InChI=1S/C49H31N3O/c1-3-11-32(12-4-1)35-19-21-36(22-20-35)37-23-26-38(27-24-37)47-50-48(40-28-25-34-15-7-8-16-39(34)29-40)52-49(51-47)43-30-41(33-13-5-2-6-14-33)31-45-46(43)42-17-9-10-18-44(42)53-45/h1-31H. The topological polar surface area (TPSA) is 51.8 Å². The Kier molecular flexibility index (Phi) is 7.43. The summed E-state index contributed by atoms with van der Waals surface area (Å²) in [5.74, 6) is 1.81. The predicted molar refractivity (Wildman–Crippen MR) is 217 cm³/mol. The van der Waals surface area contributed by atoms with Gasteiger partial charge in [-0.05, 0) is 68.4 Å². The molecule has 53 heavy (non-hydrogen) atoms. The largest absolute Gasteiger partial charge is 0.456 e. The lowest BCUT2D eigenvalue weighted by molar-refractivity contribution is 0.669. The van der Waals surface area contributed by atoms with Crippen molar-refractivity contribution in [1.29, 1.82) is 0 Å². The van der Waals surface area contributed by atoms with Gasteiger partial charge in [-0.15, -0.1) is 0 Å². The predicted octanol–water partition coefficient (Wildman–Crippen LogP) is 12.9. The highest BCUT2D eigenvalue weighted by molar-refractivity contribution is 6.13. The average molecular weight is 678 g/mol. The van der Waals surface area contributed by atoms with E-state index in [4.69, 9.17) is 19.4 Å². The molecule has 0 saturated carbocycles. The van der Waals surface area contributed by atoms with Crippen molar-refractivity contribution in [3.05, 3.63) is 188 Å². The van der Waals surface area contributed by atoms with E-state index in [2.05, 4.69) is 158 Å². The summed E-state index contributed by atoms with van der Waals surface area (Å²) >= 11 is 0. The molecule has 4 nitrogen and oxygen atoms in total. The molecular weight excluding hydrogens is 647 g/mol. The molecule has 0 N–H and O–H groups in total. The van der Waals surface area contributed by atoms with Crippen LogP contribution in [0.4, 0.5) is 0 Å². The first-order valence-corrected chi connectivity index (χ1v) is 17.8. The van der Waals surface area contributed by atoms with E-state index in [0.29, 0.717) is 17.5 Å². The van der Waals surface area contributed by atoms with E-state index >= 15 is 0 Å². The molecule has 0 spiro atoms. The van der Waals surface area contributed by atoms with Gasteiger partial charge in [0.2, 0.25) is 0 Å². The number of furan rings is 1. The van der Waals surface area contributed by atoms with Gasteiger partial charge < -0.3 is 4.42 Å². The highest BCUT2D eigenvalue weighted by Crippen LogP contribution is 2.40. The number of para-hydroxylation sites is 1. The van der Waals surface area contributed by atoms with Crippen molar-refractivity contribution in [2.75, 3.05) is 0 Å². The smallest absolute Gasteiger partial charge is 0.164 e. The van der Waals surface area contributed by atoms with Crippen LogP contribution < -0.4 is 0 Å². The van der Waals surface area contributed by atoms with Gasteiger partial charge in [0.1, 0.15) is 11.2 Å². The van der Waals surface area contributed by atoms with Crippen LogP contribution >= 0.6 is 0 Å². The Morgan fingerprint density at radius 3 is 1.47 bits per heavy atom. The van der Waals surface area contributed by atoms with E-state index in [1.165, 1.54) is 16.5 Å². The van der Waals surface area contributed by atoms with E-state index in [1.807, 2.05) is 30.3 Å². The van der Waals surface area contributed by atoms with Crippen LogP contribution in [0.2, 0.25) is 0 Å². The van der Waals surface area contributed by atoms with Gasteiger partial charge in [-0.3, -0.25) is 0 Å². The molecule has 4 heteroatoms. The van der Waals surface area contributed by atoms with E-state index < -0.39 is 0 Å². The van der Waals surface area contributed by atoms with Gasteiger partial charge in [0.15, 0.2) is 17.5 Å². The monoisotopic (exact) mass is 677 g/mol. The maximum absolute atomic E-state index is 6.47. The second-order valence-corrected chi connectivity index (χ2v) is 13.3. The Morgan fingerprint density at radius 1 is 0.302 bits per heavy atom. The number of fused-ring (bicyclic) bond motifs is 4. The van der Waals surface area contributed by atoms with E-state index in [0.717, 1.165) is 66.3 Å². The minimum Gasteiger partial charge on any atom is -0.456 e. The Balaban J connectivity index is 1.14. The highest BCUT2D eigenvalue weighted by atomic mass is 16.3. The zero-order chi connectivity index (χ0) is 35.1. The Hall–Kier alpha value is -7.17. The SMILES string of the molecule is c1ccc(-c2ccc(-c3ccc(-c4nc(-c5ccc6ccccc6c5)nc(-c5cc(-c6ccccc6)cc6oc7ccccc7c56)n4)cc3)cc2)cc1. The summed E-state index contributed by atoms with van der Waals surface area (Å²) in [6, 6.07) is 65.2. The number of hydrogen-bond acceptors (Lipinski definition) is 4. The summed E-state index contributed by atoms with van der Waals surface area (Å²) in [5.41, 5.74) is 11.1. The molecule has 2 aromatic heterocycles. The summed E-state index contributed by atoms with van der Waals surface area (Å²) in [4.78, 5) is 15.5. The van der Waals surface area contributed by atoms with E-state index in [9.17, 15) is 0 Å². The van der Waals surface area contributed by atoms with Crippen molar-refractivity contribution in [2.45, 2.75) is 0 Å². The van der Waals surface area contributed by atoms with Gasteiger partial charge in [-0.1, -0.05) is 164 Å². The molecule has 10 aromatic rings. The van der Waals surface area contributed by atoms with Crippen LogP contribution in [0, 0.1) is 0 Å².